The monoisotopic (exact) mass is 601 g/mol. The largest absolute Gasteiger partial charge is 1.00 e. The molecule has 1 heterocycles. The number of para-hydroxylation sites is 1. The summed E-state index contributed by atoms with van der Waals surface area (Å²) >= 11 is 1.44. The number of thiazole rings is 1. The molecule has 0 spiro atoms. The molecule has 0 aliphatic carbocycles. The van der Waals surface area contributed by atoms with Gasteiger partial charge in [0.1, 0.15) is 11.3 Å². The fourth-order valence-corrected chi connectivity index (χ4v) is 6.33. The SMILES string of the molecule is CCOc1cccc2sc(N(CCCN(C)C)C(=O)c3ccc(S(=O)(=O)N(C)Cc4ccccc4)cc3)nc12.[Cl-]. The molecule has 8 nitrogen and oxygen atoms in total. The molecular formula is C29H34ClN4O4S2-. The molecule has 4 rings (SSSR count). The second kappa shape index (κ2) is 14.0. The lowest BCUT2D eigenvalue weighted by Crippen LogP contribution is -3.00. The maximum atomic E-state index is 13.7. The van der Waals surface area contributed by atoms with Gasteiger partial charge < -0.3 is 22.0 Å². The van der Waals surface area contributed by atoms with Gasteiger partial charge in [0.2, 0.25) is 10.0 Å². The Kier molecular flexibility index (Phi) is 11.1. The fourth-order valence-electron chi connectivity index (χ4n) is 4.16. The number of hydrogen-bond acceptors (Lipinski definition) is 7. The second-order valence-corrected chi connectivity index (χ2v) is 12.5. The molecule has 0 aliphatic rings. The first-order valence-electron chi connectivity index (χ1n) is 12.8. The van der Waals surface area contributed by atoms with Gasteiger partial charge in [-0.05, 0) is 75.9 Å². The number of carbonyl (C=O) groups excluding carboxylic acids is 1. The van der Waals surface area contributed by atoms with Gasteiger partial charge in [0, 0.05) is 25.7 Å². The first-order chi connectivity index (χ1) is 18.7. The summed E-state index contributed by atoms with van der Waals surface area (Å²) in [6.07, 6.45) is 0.754. The van der Waals surface area contributed by atoms with E-state index in [9.17, 15) is 13.2 Å². The maximum Gasteiger partial charge on any atom is 0.260 e. The van der Waals surface area contributed by atoms with Crippen molar-refractivity contribution in [3.05, 3.63) is 83.9 Å². The average molecular weight is 602 g/mol. The molecular weight excluding hydrogens is 568 g/mol. The predicted octanol–water partition coefficient (Wildman–Crippen LogP) is 2.12. The number of ether oxygens (including phenoxy) is 1. The summed E-state index contributed by atoms with van der Waals surface area (Å²) in [5.41, 5.74) is 2.02. The third-order valence-corrected chi connectivity index (χ3v) is 9.05. The van der Waals surface area contributed by atoms with Gasteiger partial charge in [0.15, 0.2) is 5.13 Å². The van der Waals surface area contributed by atoms with Gasteiger partial charge in [0.05, 0.1) is 16.2 Å². The molecule has 0 atom stereocenters. The molecule has 0 fully saturated rings. The van der Waals surface area contributed by atoms with Gasteiger partial charge in [-0.25, -0.2) is 13.4 Å². The zero-order chi connectivity index (χ0) is 28.0. The van der Waals surface area contributed by atoms with Gasteiger partial charge >= 0.3 is 0 Å². The Hall–Kier alpha value is -3.02. The molecule has 0 bridgehead atoms. The van der Waals surface area contributed by atoms with Crippen molar-refractivity contribution >= 4 is 42.6 Å². The van der Waals surface area contributed by atoms with Crippen molar-refractivity contribution in [2.45, 2.75) is 24.8 Å². The maximum absolute atomic E-state index is 13.7. The van der Waals surface area contributed by atoms with E-state index in [1.54, 1.807) is 24.1 Å². The van der Waals surface area contributed by atoms with E-state index in [1.807, 2.05) is 69.6 Å². The minimum atomic E-state index is -3.72. The number of aromatic nitrogens is 1. The number of halogens is 1. The van der Waals surface area contributed by atoms with Gasteiger partial charge in [-0.1, -0.05) is 47.7 Å². The summed E-state index contributed by atoms with van der Waals surface area (Å²) in [5, 5.41) is 0.584. The van der Waals surface area contributed by atoms with E-state index in [1.165, 1.54) is 27.8 Å². The molecule has 0 saturated heterocycles. The number of hydrogen-bond donors (Lipinski definition) is 0. The van der Waals surface area contributed by atoms with Crippen molar-refractivity contribution in [3.63, 3.8) is 0 Å². The molecule has 0 saturated carbocycles. The van der Waals surface area contributed by atoms with E-state index in [-0.39, 0.29) is 29.8 Å². The van der Waals surface area contributed by atoms with Crippen LogP contribution in [-0.4, -0.2) is 69.4 Å². The van der Waals surface area contributed by atoms with Crippen molar-refractivity contribution in [1.82, 2.24) is 14.2 Å². The topological polar surface area (TPSA) is 83.0 Å². The molecule has 1 amide bonds. The number of nitrogens with zero attached hydrogens (tertiary/aromatic N) is 4. The zero-order valence-corrected chi connectivity index (χ0v) is 25.5. The molecule has 4 aromatic rings. The molecule has 1 aromatic heterocycles. The Morgan fingerprint density at radius 3 is 2.27 bits per heavy atom. The molecule has 0 unspecified atom stereocenters. The Morgan fingerprint density at radius 1 is 0.925 bits per heavy atom. The quantitative estimate of drug-likeness (QED) is 0.247. The fraction of sp³-hybridized carbons (Fsp3) is 0.310. The molecule has 0 N–H and O–H groups in total. The molecule has 3 aromatic carbocycles. The summed E-state index contributed by atoms with van der Waals surface area (Å²) in [5.74, 6) is 0.458. The number of rotatable bonds is 12. The summed E-state index contributed by atoms with van der Waals surface area (Å²) in [7, 11) is 1.81. The van der Waals surface area contributed by atoms with Crippen LogP contribution < -0.4 is 22.0 Å². The molecule has 40 heavy (non-hydrogen) atoms. The highest BCUT2D eigenvalue weighted by Crippen LogP contribution is 2.35. The van der Waals surface area contributed by atoms with Crippen molar-refractivity contribution in [3.8, 4) is 5.75 Å². The van der Waals surface area contributed by atoms with E-state index >= 15 is 0 Å². The highest BCUT2D eigenvalue weighted by atomic mass is 35.5. The average Bonchev–Trinajstić information content (AvgIpc) is 3.36. The summed E-state index contributed by atoms with van der Waals surface area (Å²) in [6.45, 7) is 3.98. The summed E-state index contributed by atoms with van der Waals surface area (Å²) in [4.78, 5) is 22.4. The number of anilines is 1. The number of benzene rings is 3. The minimum Gasteiger partial charge on any atom is -1.00 e. The normalized spacial score (nSPS) is 11.6. The van der Waals surface area contributed by atoms with Crippen LogP contribution in [0.5, 0.6) is 5.75 Å². The van der Waals surface area contributed by atoms with Gasteiger partial charge in [0.25, 0.3) is 5.91 Å². The van der Waals surface area contributed by atoms with Gasteiger partial charge in [-0.15, -0.1) is 0 Å². The van der Waals surface area contributed by atoms with Crippen molar-refractivity contribution < 1.29 is 30.4 Å². The Labute approximate surface area is 246 Å². The first-order valence-corrected chi connectivity index (χ1v) is 15.1. The van der Waals surface area contributed by atoms with Crippen molar-refractivity contribution in [2.75, 3.05) is 45.7 Å². The number of sulfonamides is 1. The molecule has 0 aliphatic heterocycles. The van der Waals surface area contributed by atoms with Crippen LogP contribution in [0, 0.1) is 0 Å². The Bertz CT molecular complexity index is 1510. The smallest absolute Gasteiger partial charge is 0.260 e. The second-order valence-electron chi connectivity index (χ2n) is 9.42. The Balaban J connectivity index is 0.00000441. The van der Waals surface area contributed by atoms with Crippen LogP contribution in [0.3, 0.4) is 0 Å². The van der Waals surface area contributed by atoms with Crippen LogP contribution in [0.1, 0.15) is 29.3 Å². The Morgan fingerprint density at radius 2 is 1.62 bits per heavy atom. The van der Waals surface area contributed by atoms with Crippen LogP contribution in [0.25, 0.3) is 10.2 Å². The summed E-state index contributed by atoms with van der Waals surface area (Å²) in [6, 6.07) is 21.3. The third-order valence-electron chi connectivity index (χ3n) is 6.19. The number of carbonyl (C=O) groups is 1. The van der Waals surface area contributed by atoms with Crippen LogP contribution in [0.2, 0.25) is 0 Å². The third kappa shape index (κ3) is 7.38. The minimum absolute atomic E-state index is 0. The van der Waals surface area contributed by atoms with E-state index in [0.29, 0.717) is 29.6 Å². The van der Waals surface area contributed by atoms with Gasteiger partial charge in [-0.2, -0.15) is 4.31 Å². The lowest BCUT2D eigenvalue weighted by Gasteiger charge is -2.21. The first kappa shape index (κ1) is 31.5. The molecule has 11 heteroatoms. The van der Waals surface area contributed by atoms with E-state index in [4.69, 9.17) is 9.72 Å². The van der Waals surface area contributed by atoms with Crippen LogP contribution in [0.4, 0.5) is 5.13 Å². The highest BCUT2D eigenvalue weighted by molar-refractivity contribution is 7.89. The number of amides is 1. The van der Waals surface area contributed by atoms with Crippen LogP contribution >= 0.6 is 11.3 Å². The van der Waals surface area contributed by atoms with E-state index < -0.39 is 10.0 Å². The standard InChI is InChI=1S/C29H34N4O4S2.ClH/c1-5-37-25-13-9-14-26-27(25)30-29(38-26)33(20-10-19-31(2)3)28(34)23-15-17-24(18-16-23)39(35,36)32(4)21-22-11-7-6-8-12-22;/h6-9,11-18H,5,10,19-21H2,1-4H3;1H/p-1. The highest BCUT2D eigenvalue weighted by Gasteiger charge is 2.25. The molecule has 214 valence electrons. The van der Waals surface area contributed by atoms with Crippen LogP contribution in [0.15, 0.2) is 77.7 Å². The van der Waals surface area contributed by atoms with Crippen LogP contribution in [-0.2, 0) is 16.6 Å². The van der Waals surface area contributed by atoms with Crippen molar-refractivity contribution in [2.24, 2.45) is 0 Å². The van der Waals surface area contributed by atoms with Crippen molar-refractivity contribution in [1.29, 1.82) is 0 Å². The van der Waals surface area contributed by atoms with E-state index in [0.717, 1.165) is 28.7 Å². The van der Waals surface area contributed by atoms with E-state index in [2.05, 4.69) is 4.90 Å². The summed E-state index contributed by atoms with van der Waals surface area (Å²) < 4.78 is 34.3. The van der Waals surface area contributed by atoms with Gasteiger partial charge in [-0.3, -0.25) is 9.69 Å². The lowest BCUT2D eigenvalue weighted by atomic mass is 10.2. The zero-order valence-electron chi connectivity index (χ0n) is 23.1. The predicted molar refractivity (Wildman–Crippen MR) is 157 cm³/mol. The number of fused-ring (bicyclic) bond motifs is 1. The lowest BCUT2D eigenvalue weighted by molar-refractivity contribution is -0.0000184. The molecule has 0 radical (unpaired) electrons.